The van der Waals surface area contributed by atoms with Crippen LogP contribution in [0.1, 0.15) is 0 Å². The number of carboxylic acid groups (broad SMARTS) is 1. The molecule has 0 aliphatic heterocycles. The molecular weight excluding hydrogens is 339 g/mol. The molecule has 17 heavy (non-hydrogen) atoms. The summed E-state index contributed by atoms with van der Waals surface area (Å²) >= 11 is 2.04. The molecule has 0 aromatic heterocycles. The number of para-hydroxylation sites is 1. The number of nitrogens with one attached hydrogen (secondary N) is 2. The molecule has 6 nitrogen and oxygen atoms in total. The minimum Gasteiger partial charge on any atom is -0.480 e. The number of aliphatic hydroxyl groups is 1. The van der Waals surface area contributed by atoms with Crippen molar-refractivity contribution in [1.82, 2.24) is 5.32 Å². The Hall–Kier alpha value is -1.35. The number of aliphatic hydroxyl groups excluding tert-OH is 1. The van der Waals surface area contributed by atoms with Gasteiger partial charge in [0.05, 0.1) is 12.3 Å². The lowest BCUT2D eigenvalue weighted by Gasteiger charge is -2.13. The summed E-state index contributed by atoms with van der Waals surface area (Å²) in [5.74, 6) is -1.29. The number of carboxylic acids is 1. The maximum atomic E-state index is 11.4. The highest BCUT2D eigenvalue weighted by Crippen LogP contribution is 2.16. The maximum Gasteiger partial charge on any atom is 0.328 e. The number of amides is 2. The lowest BCUT2D eigenvalue weighted by atomic mass is 10.3. The number of hydrogen-bond acceptors (Lipinski definition) is 3. The Kier molecular flexibility index (Phi) is 5.16. The molecule has 0 spiro atoms. The Morgan fingerprint density at radius 1 is 1.35 bits per heavy atom. The first kappa shape index (κ1) is 13.7. The predicted octanol–water partition coefficient (Wildman–Crippen LogP) is 0.858. The van der Waals surface area contributed by atoms with E-state index >= 15 is 0 Å². The molecule has 0 unspecified atom stereocenters. The van der Waals surface area contributed by atoms with E-state index in [2.05, 4.69) is 10.6 Å². The van der Waals surface area contributed by atoms with Crippen molar-refractivity contribution in [2.24, 2.45) is 0 Å². The van der Waals surface area contributed by atoms with Gasteiger partial charge in [0, 0.05) is 3.57 Å². The van der Waals surface area contributed by atoms with Crippen LogP contribution in [0.5, 0.6) is 0 Å². The summed E-state index contributed by atoms with van der Waals surface area (Å²) in [6.45, 7) is -0.658. The Morgan fingerprint density at radius 2 is 2.00 bits per heavy atom. The van der Waals surface area contributed by atoms with E-state index in [1.54, 1.807) is 18.2 Å². The highest BCUT2D eigenvalue weighted by Gasteiger charge is 2.18. The number of benzene rings is 1. The Morgan fingerprint density at radius 3 is 2.53 bits per heavy atom. The summed E-state index contributed by atoms with van der Waals surface area (Å²) in [7, 11) is 0. The Bertz CT molecular complexity index is 425. The van der Waals surface area contributed by atoms with Crippen LogP contribution in [0, 0.1) is 3.57 Å². The molecule has 0 saturated carbocycles. The van der Waals surface area contributed by atoms with Gasteiger partial charge in [0.25, 0.3) is 0 Å². The van der Waals surface area contributed by atoms with Crippen LogP contribution in [0.25, 0.3) is 0 Å². The van der Waals surface area contributed by atoms with E-state index < -0.39 is 24.6 Å². The lowest BCUT2D eigenvalue weighted by molar-refractivity contribution is -0.140. The number of halogens is 1. The minimum atomic E-state index is -1.31. The summed E-state index contributed by atoms with van der Waals surface area (Å²) in [4.78, 5) is 22.0. The second-order valence-electron chi connectivity index (χ2n) is 3.15. The second kappa shape index (κ2) is 6.40. The lowest BCUT2D eigenvalue weighted by Crippen LogP contribution is -2.45. The highest BCUT2D eigenvalue weighted by molar-refractivity contribution is 14.1. The molecule has 0 fully saturated rings. The van der Waals surface area contributed by atoms with Crippen molar-refractivity contribution in [2.75, 3.05) is 11.9 Å². The van der Waals surface area contributed by atoms with Crippen molar-refractivity contribution < 1.29 is 19.8 Å². The summed E-state index contributed by atoms with van der Waals surface area (Å²) < 4.78 is 0.830. The number of hydrogen-bond donors (Lipinski definition) is 4. The molecule has 0 aliphatic rings. The van der Waals surface area contributed by atoms with Crippen LogP contribution in [0.2, 0.25) is 0 Å². The van der Waals surface area contributed by atoms with Gasteiger partial charge < -0.3 is 20.8 Å². The largest absolute Gasteiger partial charge is 0.480 e. The zero-order valence-corrected chi connectivity index (χ0v) is 10.8. The molecular formula is C10H11IN2O4. The van der Waals surface area contributed by atoms with Crippen LogP contribution >= 0.6 is 22.6 Å². The monoisotopic (exact) mass is 350 g/mol. The van der Waals surface area contributed by atoms with E-state index in [9.17, 15) is 9.59 Å². The summed E-state index contributed by atoms with van der Waals surface area (Å²) in [6.07, 6.45) is 0. The number of carbonyl (C=O) groups is 2. The molecule has 4 N–H and O–H groups in total. The van der Waals surface area contributed by atoms with Crippen molar-refractivity contribution in [3.8, 4) is 0 Å². The fourth-order valence-corrected chi connectivity index (χ4v) is 1.59. The number of urea groups is 1. The minimum absolute atomic E-state index is 0.577. The van der Waals surface area contributed by atoms with Crippen LogP contribution in [-0.2, 0) is 4.79 Å². The van der Waals surface area contributed by atoms with Gasteiger partial charge in [0.1, 0.15) is 0 Å². The normalized spacial score (nSPS) is 11.6. The topological polar surface area (TPSA) is 98.7 Å². The second-order valence-corrected chi connectivity index (χ2v) is 4.31. The van der Waals surface area contributed by atoms with Gasteiger partial charge in [-0.05, 0) is 34.7 Å². The van der Waals surface area contributed by atoms with Crippen LogP contribution < -0.4 is 10.6 Å². The smallest absolute Gasteiger partial charge is 0.328 e. The van der Waals surface area contributed by atoms with Gasteiger partial charge in [0.2, 0.25) is 0 Å². The molecule has 0 radical (unpaired) electrons. The molecule has 0 bridgehead atoms. The highest BCUT2D eigenvalue weighted by atomic mass is 127. The van der Waals surface area contributed by atoms with E-state index in [0.29, 0.717) is 5.69 Å². The van der Waals surface area contributed by atoms with Crippen molar-refractivity contribution in [2.45, 2.75) is 6.04 Å². The van der Waals surface area contributed by atoms with Gasteiger partial charge in [-0.15, -0.1) is 0 Å². The molecule has 0 saturated heterocycles. The zero-order chi connectivity index (χ0) is 12.8. The standard InChI is InChI=1S/C10H11IN2O4/c11-6-3-1-2-4-7(6)12-10(17)13-8(5-14)9(15)16/h1-4,8,14H,5H2,(H,15,16)(H2,12,13,17)/t8-/m1/s1. The van der Waals surface area contributed by atoms with E-state index in [-0.39, 0.29) is 0 Å². The molecule has 1 aromatic rings. The maximum absolute atomic E-state index is 11.4. The first-order chi connectivity index (χ1) is 8.04. The Labute approximate surface area is 111 Å². The zero-order valence-electron chi connectivity index (χ0n) is 8.68. The van der Waals surface area contributed by atoms with Gasteiger partial charge in [-0.3, -0.25) is 0 Å². The number of aliphatic carboxylic acids is 1. The van der Waals surface area contributed by atoms with E-state index in [1.807, 2.05) is 28.7 Å². The van der Waals surface area contributed by atoms with Gasteiger partial charge in [-0.25, -0.2) is 9.59 Å². The summed E-state index contributed by atoms with van der Waals surface area (Å²) in [5, 5.41) is 22.0. The van der Waals surface area contributed by atoms with Crippen molar-refractivity contribution in [1.29, 1.82) is 0 Å². The van der Waals surface area contributed by atoms with Crippen molar-refractivity contribution in [3.63, 3.8) is 0 Å². The number of carbonyl (C=O) groups excluding carboxylic acids is 1. The molecule has 1 atom stereocenters. The fraction of sp³-hybridized carbons (Fsp3) is 0.200. The van der Waals surface area contributed by atoms with Crippen LogP contribution in [-0.4, -0.2) is 34.9 Å². The SMILES string of the molecule is O=C(Nc1ccccc1I)N[C@H](CO)C(=O)O. The fourth-order valence-electron chi connectivity index (χ4n) is 1.06. The summed E-state index contributed by atoms with van der Waals surface area (Å²) in [6, 6.07) is 5.08. The molecule has 1 rings (SSSR count). The predicted molar refractivity (Wildman–Crippen MR) is 69.8 cm³/mol. The third-order valence-corrected chi connectivity index (χ3v) is 2.85. The third-order valence-electron chi connectivity index (χ3n) is 1.91. The Balaban J connectivity index is 2.61. The van der Waals surface area contributed by atoms with Gasteiger partial charge in [0.15, 0.2) is 6.04 Å². The molecule has 1 aromatic carbocycles. The van der Waals surface area contributed by atoms with E-state index in [4.69, 9.17) is 10.2 Å². The summed E-state index contributed by atoms with van der Waals surface area (Å²) in [5.41, 5.74) is 0.577. The number of rotatable bonds is 4. The van der Waals surface area contributed by atoms with Gasteiger partial charge in [-0.1, -0.05) is 12.1 Å². The molecule has 2 amide bonds. The van der Waals surface area contributed by atoms with Crippen LogP contribution in [0.4, 0.5) is 10.5 Å². The molecule has 0 aliphatic carbocycles. The third kappa shape index (κ3) is 4.19. The first-order valence-corrected chi connectivity index (χ1v) is 5.78. The van der Waals surface area contributed by atoms with Gasteiger partial charge >= 0.3 is 12.0 Å². The van der Waals surface area contributed by atoms with Crippen molar-refractivity contribution in [3.05, 3.63) is 27.8 Å². The average Bonchev–Trinajstić information content (AvgIpc) is 2.28. The quantitative estimate of drug-likeness (QED) is 0.606. The van der Waals surface area contributed by atoms with Crippen LogP contribution in [0.15, 0.2) is 24.3 Å². The molecule has 7 heteroatoms. The molecule has 92 valence electrons. The van der Waals surface area contributed by atoms with Crippen molar-refractivity contribution >= 4 is 40.3 Å². The molecule has 0 heterocycles. The first-order valence-electron chi connectivity index (χ1n) is 4.70. The van der Waals surface area contributed by atoms with E-state index in [0.717, 1.165) is 3.57 Å². The van der Waals surface area contributed by atoms with Crippen LogP contribution in [0.3, 0.4) is 0 Å². The van der Waals surface area contributed by atoms with Gasteiger partial charge in [-0.2, -0.15) is 0 Å². The number of anilines is 1. The average molecular weight is 350 g/mol. The van der Waals surface area contributed by atoms with E-state index in [1.165, 1.54) is 0 Å².